The number of ether oxygens (including phenoxy) is 1. The van der Waals surface area contributed by atoms with Gasteiger partial charge in [0.25, 0.3) is 0 Å². The first kappa shape index (κ1) is 13.3. The van der Waals surface area contributed by atoms with Crippen LogP contribution in [-0.4, -0.2) is 30.4 Å². The van der Waals surface area contributed by atoms with Crippen molar-refractivity contribution in [3.63, 3.8) is 0 Å². The molecular weight excluding hydrogens is 230 g/mol. The SMILES string of the molecule is CCOC(=O)C(Cl)CC1CCCCNC1=O. The number of esters is 1. The van der Waals surface area contributed by atoms with Gasteiger partial charge >= 0.3 is 5.97 Å². The summed E-state index contributed by atoms with van der Waals surface area (Å²) in [6.45, 7) is 2.78. The van der Waals surface area contributed by atoms with Crippen molar-refractivity contribution in [2.45, 2.75) is 38.0 Å². The number of hydrogen-bond acceptors (Lipinski definition) is 3. The molecule has 0 aromatic rings. The van der Waals surface area contributed by atoms with E-state index in [1.807, 2.05) is 0 Å². The molecule has 1 amide bonds. The molecule has 0 aromatic heterocycles. The van der Waals surface area contributed by atoms with E-state index in [1.165, 1.54) is 0 Å². The smallest absolute Gasteiger partial charge is 0.324 e. The van der Waals surface area contributed by atoms with Gasteiger partial charge < -0.3 is 10.1 Å². The molecule has 0 aromatic carbocycles. The lowest BCUT2D eigenvalue weighted by atomic mass is 9.97. The molecule has 1 saturated heterocycles. The zero-order valence-electron chi connectivity index (χ0n) is 9.50. The molecule has 0 bridgehead atoms. The third-order valence-electron chi connectivity index (χ3n) is 2.68. The largest absolute Gasteiger partial charge is 0.465 e. The van der Waals surface area contributed by atoms with E-state index in [2.05, 4.69) is 5.32 Å². The minimum absolute atomic E-state index is 0.00690. The second kappa shape index (κ2) is 6.74. The van der Waals surface area contributed by atoms with E-state index in [1.54, 1.807) is 6.92 Å². The Balaban J connectivity index is 2.44. The first-order valence-electron chi connectivity index (χ1n) is 5.73. The number of amides is 1. The second-order valence-corrected chi connectivity index (χ2v) is 4.47. The van der Waals surface area contributed by atoms with Crippen LogP contribution in [0.1, 0.15) is 32.6 Å². The third-order valence-corrected chi connectivity index (χ3v) is 3.04. The van der Waals surface area contributed by atoms with E-state index < -0.39 is 11.3 Å². The summed E-state index contributed by atoms with van der Waals surface area (Å²) in [5.74, 6) is -0.580. The van der Waals surface area contributed by atoms with Gasteiger partial charge in [0, 0.05) is 12.5 Å². The van der Waals surface area contributed by atoms with Crippen LogP contribution in [0.2, 0.25) is 0 Å². The fourth-order valence-electron chi connectivity index (χ4n) is 1.81. The number of halogens is 1. The Morgan fingerprint density at radius 3 is 3.06 bits per heavy atom. The fourth-order valence-corrected chi connectivity index (χ4v) is 2.08. The first-order chi connectivity index (χ1) is 7.65. The van der Waals surface area contributed by atoms with Crippen molar-refractivity contribution in [2.75, 3.05) is 13.2 Å². The molecule has 0 aliphatic carbocycles. The molecule has 1 aliphatic heterocycles. The Hall–Kier alpha value is -0.770. The molecule has 0 radical (unpaired) electrons. The van der Waals surface area contributed by atoms with Crippen LogP contribution < -0.4 is 5.32 Å². The van der Waals surface area contributed by atoms with Gasteiger partial charge in [0.1, 0.15) is 5.38 Å². The summed E-state index contributed by atoms with van der Waals surface area (Å²) in [4.78, 5) is 22.9. The lowest BCUT2D eigenvalue weighted by molar-refractivity contribution is -0.143. The highest BCUT2D eigenvalue weighted by Gasteiger charge is 2.27. The lowest BCUT2D eigenvalue weighted by Crippen LogP contribution is -2.32. The quantitative estimate of drug-likeness (QED) is 0.605. The van der Waals surface area contributed by atoms with Crippen LogP contribution >= 0.6 is 11.6 Å². The molecule has 92 valence electrons. The van der Waals surface area contributed by atoms with Crippen molar-refractivity contribution in [1.29, 1.82) is 0 Å². The topological polar surface area (TPSA) is 55.4 Å². The molecule has 5 heteroatoms. The summed E-state index contributed by atoms with van der Waals surface area (Å²) in [6, 6.07) is 0. The fraction of sp³-hybridized carbons (Fsp3) is 0.818. The molecule has 4 nitrogen and oxygen atoms in total. The molecule has 2 atom stereocenters. The normalized spacial score (nSPS) is 23.1. The Morgan fingerprint density at radius 1 is 1.62 bits per heavy atom. The summed E-state index contributed by atoms with van der Waals surface area (Å²) in [5.41, 5.74) is 0. The molecule has 16 heavy (non-hydrogen) atoms. The Kier molecular flexibility index (Phi) is 5.60. The van der Waals surface area contributed by atoms with Gasteiger partial charge in [-0.1, -0.05) is 6.42 Å². The Morgan fingerprint density at radius 2 is 2.38 bits per heavy atom. The highest BCUT2D eigenvalue weighted by atomic mass is 35.5. The molecule has 0 spiro atoms. The zero-order valence-corrected chi connectivity index (χ0v) is 10.3. The predicted molar refractivity (Wildman–Crippen MR) is 61.2 cm³/mol. The van der Waals surface area contributed by atoms with E-state index >= 15 is 0 Å². The molecule has 2 unspecified atom stereocenters. The number of carbonyl (C=O) groups excluding carboxylic acids is 2. The predicted octanol–water partition coefficient (Wildman–Crippen LogP) is 1.46. The number of hydrogen-bond donors (Lipinski definition) is 1. The average Bonchev–Trinajstić information content (AvgIpc) is 2.45. The van der Waals surface area contributed by atoms with Crippen LogP contribution in [0, 0.1) is 5.92 Å². The molecule has 1 aliphatic rings. The van der Waals surface area contributed by atoms with Crippen LogP contribution in [0.25, 0.3) is 0 Å². The van der Waals surface area contributed by atoms with Crippen LogP contribution in [0.4, 0.5) is 0 Å². The van der Waals surface area contributed by atoms with Gasteiger partial charge in [0.15, 0.2) is 0 Å². The first-order valence-corrected chi connectivity index (χ1v) is 6.17. The van der Waals surface area contributed by atoms with Crippen molar-refractivity contribution >= 4 is 23.5 Å². The maximum absolute atomic E-state index is 11.6. The van der Waals surface area contributed by atoms with Crippen molar-refractivity contribution in [2.24, 2.45) is 5.92 Å². The van der Waals surface area contributed by atoms with Crippen molar-refractivity contribution in [3.05, 3.63) is 0 Å². The molecule has 1 heterocycles. The Bertz CT molecular complexity index is 258. The van der Waals surface area contributed by atoms with Crippen molar-refractivity contribution in [1.82, 2.24) is 5.32 Å². The minimum atomic E-state index is -0.714. The molecule has 1 N–H and O–H groups in total. The van der Waals surface area contributed by atoms with Crippen LogP contribution in [0.3, 0.4) is 0 Å². The van der Waals surface area contributed by atoms with E-state index in [0.717, 1.165) is 25.8 Å². The average molecular weight is 248 g/mol. The van der Waals surface area contributed by atoms with Gasteiger partial charge in [-0.05, 0) is 26.2 Å². The lowest BCUT2D eigenvalue weighted by Gasteiger charge is -2.15. The minimum Gasteiger partial charge on any atom is -0.465 e. The number of rotatable bonds is 4. The van der Waals surface area contributed by atoms with Crippen LogP contribution in [0.15, 0.2) is 0 Å². The summed E-state index contributed by atoms with van der Waals surface area (Å²) in [6.07, 6.45) is 3.16. The van der Waals surface area contributed by atoms with E-state index in [0.29, 0.717) is 13.0 Å². The maximum Gasteiger partial charge on any atom is 0.324 e. The summed E-state index contributed by atoms with van der Waals surface area (Å²) >= 11 is 5.91. The van der Waals surface area contributed by atoms with Gasteiger partial charge in [0.05, 0.1) is 6.61 Å². The second-order valence-electron chi connectivity index (χ2n) is 3.94. The van der Waals surface area contributed by atoms with Crippen molar-refractivity contribution < 1.29 is 14.3 Å². The van der Waals surface area contributed by atoms with Gasteiger partial charge in [0.2, 0.25) is 5.91 Å². The highest BCUT2D eigenvalue weighted by Crippen LogP contribution is 2.21. The van der Waals surface area contributed by atoms with Gasteiger partial charge in [-0.3, -0.25) is 9.59 Å². The van der Waals surface area contributed by atoms with E-state index in [9.17, 15) is 9.59 Å². The summed E-state index contributed by atoms with van der Waals surface area (Å²) in [7, 11) is 0. The number of nitrogens with one attached hydrogen (secondary N) is 1. The highest BCUT2D eigenvalue weighted by molar-refractivity contribution is 6.30. The monoisotopic (exact) mass is 247 g/mol. The Labute approximate surface area is 101 Å². The molecule has 0 saturated carbocycles. The van der Waals surface area contributed by atoms with Crippen LogP contribution in [-0.2, 0) is 14.3 Å². The maximum atomic E-state index is 11.6. The van der Waals surface area contributed by atoms with Crippen LogP contribution in [0.5, 0.6) is 0 Å². The van der Waals surface area contributed by atoms with Gasteiger partial charge in [-0.25, -0.2) is 0 Å². The van der Waals surface area contributed by atoms with E-state index in [4.69, 9.17) is 16.3 Å². The molecule has 1 fully saturated rings. The van der Waals surface area contributed by atoms with E-state index in [-0.39, 0.29) is 11.8 Å². The number of alkyl halides is 1. The number of carbonyl (C=O) groups is 2. The standard InChI is InChI=1S/C11H18ClNO3/c1-2-16-11(15)9(12)7-8-5-3-4-6-13-10(8)14/h8-9H,2-7H2,1H3,(H,13,14). The van der Waals surface area contributed by atoms with Gasteiger partial charge in [-0.2, -0.15) is 0 Å². The molecule has 1 rings (SSSR count). The van der Waals surface area contributed by atoms with Crippen molar-refractivity contribution in [3.8, 4) is 0 Å². The third kappa shape index (κ3) is 4.00. The summed E-state index contributed by atoms with van der Waals surface area (Å²) in [5, 5.41) is 2.11. The summed E-state index contributed by atoms with van der Waals surface area (Å²) < 4.78 is 4.81. The molecular formula is C11H18ClNO3. The zero-order chi connectivity index (χ0) is 12.0. The van der Waals surface area contributed by atoms with Gasteiger partial charge in [-0.15, -0.1) is 11.6 Å².